The standard InChI is InChI=1S/C12H20N4O/c1-8-4-5-16(11(8)7-13)12(17)10-6-9(2)15(3)14-10/h6,8,11H,4-5,7,13H2,1-3H3. The molecular weight excluding hydrogens is 216 g/mol. The second-order valence-corrected chi connectivity index (χ2v) is 4.86. The summed E-state index contributed by atoms with van der Waals surface area (Å²) in [6.45, 7) is 5.40. The van der Waals surface area contributed by atoms with Gasteiger partial charge < -0.3 is 10.6 Å². The number of hydrogen-bond donors (Lipinski definition) is 1. The van der Waals surface area contributed by atoms with E-state index in [1.807, 2.05) is 24.9 Å². The largest absolute Gasteiger partial charge is 0.333 e. The average molecular weight is 236 g/mol. The number of carbonyl (C=O) groups is 1. The second-order valence-electron chi connectivity index (χ2n) is 4.86. The number of carbonyl (C=O) groups excluding carboxylic acids is 1. The summed E-state index contributed by atoms with van der Waals surface area (Å²) in [5.41, 5.74) is 7.26. The summed E-state index contributed by atoms with van der Waals surface area (Å²) in [7, 11) is 1.85. The Bertz CT molecular complexity index is 407. The SMILES string of the molecule is Cc1cc(C(=O)N2CCC(C)C2CN)nn1C. The summed E-state index contributed by atoms with van der Waals surface area (Å²) in [4.78, 5) is 14.2. The van der Waals surface area contributed by atoms with Gasteiger partial charge >= 0.3 is 0 Å². The van der Waals surface area contributed by atoms with Crippen molar-refractivity contribution < 1.29 is 4.79 Å². The molecule has 1 saturated heterocycles. The number of nitrogens with zero attached hydrogens (tertiary/aromatic N) is 3. The molecule has 2 heterocycles. The van der Waals surface area contributed by atoms with Crippen LogP contribution in [-0.2, 0) is 7.05 Å². The molecule has 1 aliphatic rings. The normalized spacial score (nSPS) is 24.4. The van der Waals surface area contributed by atoms with Crippen LogP contribution < -0.4 is 5.73 Å². The minimum absolute atomic E-state index is 0.00787. The van der Waals surface area contributed by atoms with Gasteiger partial charge in [-0.15, -0.1) is 0 Å². The van der Waals surface area contributed by atoms with Gasteiger partial charge in [-0.25, -0.2) is 0 Å². The van der Waals surface area contributed by atoms with E-state index in [0.717, 1.165) is 18.7 Å². The predicted octanol–water partition coefficient (Wildman–Crippen LogP) is 0.538. The predicted molar refractivity (Wildman–Crippen MR) is 65.6 cm³/mol. The van der Waals surface area contributed by atoms with Crippen LogP contribution in [0.3, 0.4) is 0 Å². The number of rotatable bonds is 2. The lowest BCUT2D eigenvalue weighted by Crippen LogP contribution is -2.42. The van der Waals surface area contributed by atoms with Crippen LogP contribution in [-0.4, -0.2) is 39.7 Å². The summed E-state index contributed by atoms with van der Waals surface area (Å²) in [5.74, 6) is 0.488. The van der Waals surface area contributed by atoms with Crippen LogP contribution in [0.4, 0.5) is 0 Å². The molecule has 1 aliphatic heterocycles. The molecule has 5 nitrogen and oxygen atoms in total. The Balaban J connectivity index is 2.20. The van der Waals surface area contributed by atoms with E-state index in [1.54, 1.807) is 4.68 Å². The monoisotopic (exact) mass is 236 g/mol. The Morgan fingerprint density at radius 1 is 1.65 bits per heavy atom. The molecule has 1 fully saturated rings. The third-order valence-corrected chi connectivity index (χ3v) is 3.72. The van der Waals surface area contributed by atoms with Crippen molar-refractivity contribution in [3.63, 3.8) is 0 Å². The second kappa shape index (κ2) is 4.49. The van der Waals surface area contributed by atoms with E-state index in [0.29, 0.717) is 18.2 Å². The summed E-state index contributed by atoms with van der Waals surface area (Å²) in [6, 6.07) is 1.99. The van der Waals surface area contributed by atoms with E-state index >= 15 is 0 Å². The molecule has 2 unspecified atom stereocenters. The van der Waals surface area contributed by atoms with Crippen LogP contribution in [0.15, 0.2) is 6.07 Å². The fourth-order valence-electron chi connectivity index (χ4n) is 2.43. The summed E-state index contributed by atoms with van der Waals surface area (Å²) in [6.07, 6.45) is 1.03. The zero-order valence-corrected chi connectivity index (χ0v) is 10.7. The first-order chi connectivity index (χ1) is 8.04. The maximum atomic E-state index is 12.3. The molecule has 94 valence electrons. The first-order valence-corrected chi connectivity index (χ1v) is 6.06. The first kappa shape index (κ1) is 12.1. The van der Waals surface area contributed by atoms with Gasteiger partial charge in [0.15, 0.2) is 5.69 Å². The fraction of sp³-hybridized carbons (Fsp3) is 0.667. The smallest absolute Gasteiger partial charge is 0.274 e. The van der Waals surface area contributed by atoms with Crippen LogP contribution in [0.2, 0.25) is 0 Å². The van der Waals surface area contributed by atoms with E-state index in [1.165, 1.54) is 0 Å². The van der Waals surface area contributed by atoms with E-state index < -0.39 is 0 Å². The molecule has 0 spiro atoms. The molecule has 17 heavy (non-hydrogen) atoms. The van der Waals surface area contributed by atoms with Crippen LogP contribution in [0.25, 0.3) is 0 Å². The minimum Gasteiger partial charge on any atom is -0.333 e. The van der Waals surface area contributed by atoms with E-state index in [4.69, 9.17) is 5.73 Å². The highest BCUT2D eigenvalue weighted by Crippen LogP contribution is 2.24. The zero-order chi connectivity index (χ0) is 12.6. The number of aryl methyl sites for hydroxylation is 2. The highest BCUT2D eigenvalue weighted by molar-refractivity contribution is 5.92. The Morgan fingerprint density at radius 2 is 2.35 bits per heavy atom. The zero-order valence-electron chi connectivity index (χ0n) is 10.7. The van der Waals surface area contributed by atoms with Gasteiger partial charge in [0.25, 0.3) is 5.91 Å². The van der Waals surface area contributed by atoms with Crippen molar-refractivity contribution in [1.29, 1.82) is 0 Å². The lowest BCUT2D eigenvalue weighted by molar-refractivity contribution is 0.0720. The first-order valence-electron chi connectivity index (χ1n) is 6.06. The third kappa shape index (κ3) is 2.07. The fourth-order valence-corrected chi connectivity index (χ4v) is 2.43. The van der Waals surface area contributed by atoms with Gasteiger partial charge in [0.2, 0.25) is 0 Å². The Morgan fingerprint density at radius 3 is 2.88 bits per heavy atom. The third-order valence-electron chi connectivity index (χ3n) is 3.72. The van der Waals surface area contributed by atoms with Gasteiger partial charge in [-0.3, -0.25) is 9.48 Å². The number of aromatic nitrogens is 2. The summed E-state index contributed by atoms with van der Waals surface area (Å²) in [5, 5.41) is 4.23. The van der Waals surface area contributed by atoms with Gasteiger partial charge in [0, 0.05) is 31.9 Å². The van der Waals surface area contributed by atoms with Crippen LogP contribution in [0, 0.1) is 12.8 Å². The minimum atomic E-state index is 0.00787. The highest BCUT2D eigenvalue weighted by atomic mass is 16.2. The van der Waals surface area contributed by atoms with Gasteiger partial charge in [-0.05, 0) is 25.3 Å². The molecule has 0 aliphatic carbocycles. The van der Waals surface area contributed by atoms with Crippen molar-refractivity contribution in [3.05, 3.63) is 17.5 Å². The van der Waals surface area contributed by atoms with Crippen LogP contribution >= 0.6 is 0 Å². The lowest BCUT2D eigenvalue weighted by Gasteiger charge is -2.24. The number of amides is 1. The number of nitrogens with two attached hydrogens (primary N) is 1. The van der Waals surface area contributed by atoms with Gasteiger partial charge in [-0.1, -0.05) is 6.92 Å². The molecule has 2 rings (SSSR count). The van der Waals surface area contributed by atoms with Gasteiger partial charge in [0.1, 0.15) is 0 Å². The molecule has 2 atom stereocenters. The Hall–Kier alpha value is -1.36. The topological polar surface area (TPSA) is 64.2 Å². The van der Waals surface area contributed by atoms with Crippen molar-refractivity contribution in [2.24, 2.45) is 18.7 Å². The molecule has 0 aromatic carbocycles. The van der Waals surface area contributed by atoms with E-state index in [2.05, 4.69) is 12.0 Å². The van der Waals surface area contributed by atoms with Gasteiger partial charge in [-0.2, -0.15) is 5.10 Å². The number of hydrogen-bond acceptors (Lipinski definition) is 3. The molecule has 1 aromatic rings. The van der Waals surface area contributed by atoms with Crippen molar-refractivity contribution in [3.8, 4) is 0 Å². The molecule has 1 aromatic heterocycles. The molecule has 1 amide bonds. The maximum absolute atomic E-state index is 12.3. The quantitative estimate of drug-likeness (QED) is 0.815. The Kier molecular flexibility index (Phi) is 3.19. The molecule has 5 heteroatoms. The van der Waals surface area contributed by atoms with E-state index in [9.17, 15) is 4.79 Å². The average Bonchev–Trinajstić information content (AvgIpc) is 2.82. The molecule has 0 radical (unpaired) electrons. The van der Waals surface area contributed by atoms with Crippen molar-refractivity contribution >= 4 is 5.91 Å². The van der Waals surface area contributed by atoms with Crippen LogP contribution in [0.1, 0.15) is 29.5 Å². The lowest BCUT2D eigenvalue weighted by atomic mass is 10.0. The molecule has 0 saturated carbocycles. The van der Waals surface area contributed by atoms with Crippen molar-refractivity contribution in [1.82, 2.24) is 14.7 Å². The van der Waals surface area contributed by atoms with Crippen molar-refractivity contribution in [2.75, 3.05) is 13.1 Å². The Labute approximate surface area is 102 Å². The van der Waals surface area contributed by atoms with Crippen molar-refractivity contribution in [2.45, 2.75) is 26.3 Å². The molecule has 2 N–H and O–H groups in total. The maximum Gasteiger partial charge on any atom is 0.274 e. The summed E-state index contributed by atoms with van der Waals surface area (Å²) < 4.78 is 1.73. The number of likely N-dealkylation sites (tertiary alicyclic amines) is 1. The van der Waals surface area contributed by atoms with Gasteiger partial charge in [0.05, 0.1) is 0 Å². The van der Waals surface area contributed by atoms with Crippen LogP contribution in [0.5, 0.6) is 0 Å². The molecular formula is C12H20N4O. The van der Waals surface area contributed by atoms with E-state index in [-0.39, 0.29) is 11.9 Å². The summed E-state index contributed by atoms with van der Waals surface area (Å²) >= 11 is 0. The molecule has 0 bridgehead atoms. The highest BCUT2D eigenvalue weighted by Gasteiger charge is 2.34.